The van der Waals surface area contributed by atoms with Crippen LogP contribution in [0.15, 0.2) is 53.4 Å². The van der Waals surface area contributed by atoms with Crippen molar-refractivity contribution in [2.45, 2.75) is 4.90 Å². The third kappa shape index (κ3) is 2.49. The number of hydrogen-bond acceptors (Lipinski definition) is 2. The van der Waals surface area contributed by atoms with Crippen molar-refractivity contribution < 1.29 is 13.0 Å². The van der Waals surface area contributed by atoms with E-state index in [1.807, 2.05) is 6.07 Å². The van der Waals surface area contributed by atoms with Crippen LogP contribution in [0.3, 0.4) is 0 Å². The summed E-state index contributed by atoms with van der Waals surface area (Å²) < 4.78 is 31.7. The molecule has 17 heavy (non-hydrogen) atoms. The van der Waals surface area contributed by atoms with E-state index in [1.165, 1.54) is 12.1 Å². The molecule has 0 saturated carbocycles. The Bertz CT molecular complexity index is 636. The zero-order valence-electron chi connectivity index (χ0n) is 8.67. The molecule has 3 nitrogen and oxygen atoms in total. The van der Waals surface area contributed by atoms with Crippen LogP contribution in [0, 0.1) is 0 Å². The first-order valence-corrected chi connectivity index (χ1v) is 6.63. The van der Waals surface area contributed by atoms with E-state index in [9.17, 15) is 8.42 Å². The maximum absolute atomic E-state index is 11.3. The van der Waals surface area contributed by atoms with Crippen LogP contribution in [0.5, 0.6) is 0 Å². The molecule has 5 heteroatoms. The van der Waals surface area contributed by atoms with E-state index in [-0.39, 0.29) is 9.92 Å². The molecule has 0 atom stereocenters. The highest BCUT2D eigenvalue weighted by molar-refractivity contribution is 7.86. The summed E-state index contributed by atoms with van der Waals surface area (Å²) in [6.07, 6.45) is 0. The van der Waals surface area contributed by atoms with Gasteiger partial charge in [0.1, 0.15) is 4.90 Å². The largest absolute Gasteiger partial charge is 0.295 e. The molecule has 0 aliphatic carbocycles. The molecule has 0 amide bonds. The van der Waals surface area contributed by atoms with Gasteiger partial charge in [-0.2, -0.15) is 8.42 Å². The number of benzene rings is 2. The molecule has 0 radical (unpaired) electrons. The molecule has 0 heterocycles. The van der Waals surface area contributed by atoms with Gasteiger partial charge in [-0.25, -0.2) is 0 Å². The molecule has 1 N–H and O–H groups in total. The van der Waals surface area contributed by atoms with E-state index in [2.05, 4.69) is 0 Å². The Labute approximate surface area is 104 Å². The summed E-state index contributed by atoms with van der Waals surface area (Å²) in [6.45, 7) is 0. The fourth-order valence-electron chi connectivity index (χ4n) is 1.60. The Morgan fingerprint density at radius 3 is 2.18 bits per heavy atom. The average molecular weight is 269 g/mol. The van der Waals surface area contributed by atoms with Gasteiger partial charge in [-0.3, -0.25) is 4.55 Å². The van der Waals surface area contributed by atoms with Crippen molar-refractivity contribution in [1.82, 2.24) is 0 Å². The van der Waals surface area contributed by atoms with Gasteiger partial charge in [-0.05, 0) is 17.7 Å². The Kier molecular flexibility index (Phi) is 3.19. The molecule has 0 spiro atoms. The standard InChI is InChI=1S/C12H9ClO3S/c13-10-7-4-8-11(17(14,15)16)12(10)9-5-2-1-3-6-9/h1-8H,(H,14,15,16). The Morgan fingerprint density at radius 2 is 1.59 bits per heavy atom. The molecule has 0 bridgehead atoms. The van der Waals surface area contributed by atoms with Crippen molar-refractivity contribution in [3.05, 3.63) is 53.6 Å². The van der Waals surface area contributed by atoms with Crippen LogP contribution in [0.2, 0.25) is 5.02 Å². The lowest BCUT2D eigenvalue weighted by molar-refractivity contribution is 0.483. The first-order chi connectivity index (χ1) is 8.00. The molecule has 0 unspecified atom stereocenters. The van der Waals surface area contributed by atoms with Crippen molar-refractivity contribution in [2.24, 2.45) is 0 Å². The highest BCUT2D eigenvalue weighted by atomic mass is 35.5. The van der Waals surface area contributed by atoms with Crippen LogP contribution < -0.4 is 0 Å². The van der Waals surface area contributed by atoms with E-state index < -0.39 is 10.1 Å². The van der Waals surface area contributed by atoms with Crippen molar-refractivity contribution in [1.29, 1.82) is 0 Å². The summed E-state index contributed by atoms with van der Waals surface area (Å²) in [4.78, 5) is -0.184. The molecular formula is C12H9ClO3S. The molecule has 2 aromatic carbocycles. The fraction of sp³-hybridized carbons (Fsp3) is 0. The lowest BCUT2D eigenvalue weighted by atomic mass is 10.1. The van der Waals surface area contributed by atoms with E-state index in [4.69, 9.17) is 16.2 Å². The normalized spacial score (nSPS) is 11.4. The summed E-state index contributed by atoms with van der Waals surface area (Å²) in [6, 6.07) is 13.2. The van der Waals surface area contributed by atoms with Gasteiger partial charge in [0.2, 0.25) is 0 Å². The van der Waals surface area contributed by atoms with Gasteiger partial charge >= 0.3 is 0 Å². The Morgan fingerprint density at radius 1 is 0.941 bits per heavy atom. The second kappa shape index (κ2) is 4.49. The smallest absolute Gasteiger partial charge is 0.282 e. The summed E-state index contributed by atoms with van der Waals surface area (Å²) >= 11 is 5.99. The highest BCUT2D eigenvalue weighted by Crippen LogP contribution is 2.33. The van der Waals surface area contributed by atoms with Crippen molar-refractivity contribution >= 4 is 21.7 Å². The fourth-order valence-corrected chi connectivity index (χ4v) is 2.68. The van der Waals surface area contributed by atoms with Crippen LogP contribution in [0.1, 0.15) is 0 Å². The first-order valence-electron chi connectivity index (χ1n) is 4.81. The highest BCUT2D eigenvalue weighted by Gasteiger charge is 2.18. The molecule has 2 rings (SSSR count). The molecular weight excluding hydrogens is 260 g/mol. The van der Waals surface area contributed by atoms with Gasteiger partial charge in [0.25, 0.3) is 10.1 Å². The van der Waals surface area contributed by atoms with Crippen LogP contribution in [0.4, 0.5) is 0 Å². The molecule has 0 aromatic heterocycles. The quantitative estimate of drug-likeness (QED) is 0.851. The van der Waals surface area contributed by atoms with Gasteiger partial charge in [0.15, 0.2) is 0 Å². The molecule has 0 aliphatic rings. The number of rotatable bonds is 2. The minimum absolute atomic E-state index is 0.184. The van der Waals surface area contributed by atoms with Crippen molar-refractivity contribution in [3.8, 4) is 11.1 Å². The molecule has 0 aliphatic heterocycles. The zero-order valence-corrected chi connectivity index (χ0v) is 10.2. The minimum Gasteiger partial charge on any atom is -0.282 e. The number of halogens is 1. The van der Waals surface area contributed by atoms with E-state index >= 15 is 0 Å². The summed E-state index contributed by atoms with van der Waals surface area (Å²) in [5.74, 6) is 0. The van der Waals surface area contributed by atoms with Gasteiger partial charge < -0.3 is 0 Å². The second-order valence-electron chi connectivity index (χ2n) is 3.45. The topological polar surface area (TPSA) is 54.4 Å². The van der Waals surface area contributed by atoms with Crippen LogP contribution >= 0.6 is 11.6 Å². The van der Waals surface area contributed by atoms with Crippen molar-refractivity contribution in [3.63, 3.8) is 0 Å². The number of hydrogen-bond donors (Lipinski definition) is 1. The maximum Gasteiger partial charge on any atom is 0.295 e. The second-order valence-corrected chi connectivity index (χ2v) is 5.25. The Hall–Kier alpha value is -1.36. The average Bonchev–Trinajstić information content (AvgIpc) is 2.28. The summed E-state index contributed by atoms with van der Waals surface area (Å²) in [5, 5.41) is 0.284. The van der Waals surface area contributed by atoms with Gasteiger partial charge in [0.05, 0.1) is 0 Å². The predicted molar refractivity (Wildman–Crippen MR) is 66.7 cm³/mol. The molecule has 0 saturated heterocycles. The summed E-state index contributed by atoms with van der Waals surface area (Å²) in [7, 11) is -4.29. The lowest BCUT2D eigenvalue weighted by Crippen LogP contribution is -2.01. The maximum atomic E-state index is 11.3. The van der Waals surface area contributed by atoms with E-state index in [1.54, 1.807) is 30.3 Å². The summed E-state index contributed by atoms with van der Waals surface area (Å²) in [5.41, 5.74) is 0.961. The van der Waals surface area contributed by atoms with Gasteiger partial charge in [-0.15, -0.1) is 0 Å². The third-order valence-corrected chi connectivity index (χ3v) is 3.53. The molecule has 0 fully saturated rings. The van der Waals surface area contributed by atoms with E-state index in [0.717, 1.165) is 0 Å². The zero-order chi connectivity index (χ0) is 12.5. The van der Waals surface area contributed by atoms with Crippen LogP contribution in [-0.2, 0) is 10.1 Å². The lowest BCUT2D eigenvalue weighted by Gasteiger charge is -2.09. The van der Waals surface area contributed by atoms with Crippen LogP contribution in [0.25, 0.3) is 11.1 Å². The predicted octanol–water partition coefficient (Wildman–Crippen LogP) is 3.25. The third-order valence-electron chi connectivity index (χ3n) is 2.32. The molecule has 88 valence electrons. The van der Waals surface area contributed by atoms with Gasteiger partial charge in [0, 0.05) is 10.6 Å². The SMILES string of the molecule is O=S(=O)(O)c1cccc(Cl)c1-c1ccccc1. The van der Waals surface area contributed by atoms with E-state index in [0.29, 0.717) is 11.1 Å². The monoisotopic (exact) mass is 268 g/mol. The molecule has 2 aromatic rings. The Balaban J connectivity index is 2.78. The van der Waals surface area contributed by atoms with Gasteiger partial charge in [-0.1, -0.05) is 48.0 Å². The van der Waals surface area contributed by atoms with Crippen molar-refractivity contribution in [2.75, 3.05) is 0 Å². The van der Waals surface area contributed by atoms with Crippen LogP contribution in [-0.4, -0.2) is 13.0 Å². The minimum atomic E-state index is -4.29. The first kappa shape index (κ1) is 12.1.